The molecule has 0 aliphatic rings. The molecule has 0 saturated carbocycles. The molecule has 1 amide bonds. The Labute approximate surface area is 182 Å². The Morgan fingerprint density at radius 1 is 1.06 bits per heavy atom. The first-order valence-corrected chi connectivity index (χ1v) is 10.8. The molecule has 0 aliphatic heterocycles. The number of para-hydroxylation sites is 1. The minimum Gasteiger partial charge on any atom is -0.382 e. The summed E-state index contributed by atoms with van der Waals surface area (Å²) >= 11 is 0. The zero-order valence-electron chi connectivity index (χ0n) is 18.4. The van der Waals surface area contributed by atoms with Gasteiger partial charge in [-0.1, -0.05) is 57.2 Å². The van der Waals surface area contributed by atoms with Crippen molar-refractivity contribution in [3.63, 3.8) is 0 Å². The topological polar surface area (TPSA) is 85.8 Å². The van der Waals surface area contributed by atoms with Gasteiger partial charge in [0.2, 0.25) is 0 Å². The minimum absolute atomic E-state index is 0.0585. The molecule has 4 rings (SSSR count). The summed E-state index contributed by atoms with van der Waals surface area (Å²) in [6, 6.07) is 17.3. The number of nitrogens with one attached hydrogen (secondary N) is 1. The molecule has 6 nitrogen and oxygen atoms in total. The summed E-state index contributed by atoms with van der Waals surface area (Å²) in [5.74, 6) is 1.40. The molecule has 0 bridgehead atoms. The number of carbonyl (C=O) groups is 1. The second kappa shape index (κ2) is 8.38. The Hall–Kier alpha value is -3.41. The molecule has 4 aromatic rings. The molecule has 0 fully saturated rings. The zero-order valence-corrected chi connectivity index (χ0v) is 18.4. The number of hydrogen-bond donors (Lipinski definition) is 2. The van der Waals surface area contributed by atoms with Crippen LogP contribution in [0.3, 0.4) is 0 Å². The summed E-state index contributed by atoms with van der Waals surface area (Å²) in [5.41, 5.74) is 9.40. The number of nitrogens with zero attached hydrogens (tertiary/aromatic N) is 3. The highest BCUT2D eigenvalue weighted by Gasteiger charge is 2.25. The maximum Gasteiger partial charge on any atom is 0.251 e. The third-order valence-corrected chi connectivity index (χ3v) is 5.51. The number of fused-ring (bicyclic) bond motifs is 3. The van der Waals surface area contributed by atoms with Gasteiger partial charge in [0.05, 0.1) is 11.0 Å². The van der Waals surface area contributed by atoms with Gasteiger partial charge in [-0.2, -0.15) is 0 Å². The van der Waals surface area contributed by atoms with Crippen molar-refractivity contribution in [1.29, 1.82) is 0 Å². The van der Waals surface area contributed by atoms with Crippen molar-refractivity contribution in [2.75, 3.05) is 12.3 Å². The van der Waals surface area contributed by atoms with Crippen LogP contribution in [0.15, 0.2) is 54.6 Å². The molecular weight excluding hydrogens is 386 g/mol. The molecule has 31 heavy (non-hydrogen) atoms. The lowest BCUT2D eigenvalue weighted by Crippen LogP contribution is -2.36. The second-order valence-corrected chi connectivity index (χ2v) is 8.79. The summed E-state index contributed by atoms with van der Waals surface area (Å²) in [5, 5.41) is 4.14. The van der Waals surface area contributed by atoms with E-state index < -0.39 is 0 Å². The van der Waals surface area contributed by atoms with Crippen LogP contribution in [-0.2, 0) is 13.0 Å². The average Bonchev–Trinajstić information content (AvgIpc) is 3.11. The number of imidazole rings is 1. The average molecular weight is 416 g/mol. The lowest BCUT2D eigenvalue weighted by molar-refractivity contribution is 0.0932. The lowest BCUT2D eigenvalue weighted by atomic mass is 9.92. The van der Waals surface area contributed by atoms with Crippen molar-refractivity contribution < 1.29 is 4.79 Å². The molecular formula is C25H29N5O. The van der Waals surface area contributed by atoms with Crippen molar-refractivity contribution in [2.24, 2.45) is 5.41 Å². The maximum absolute atomic E-state index is 12.5. The number of carbonyl (C=O) groups excluding carboxylic acids is 1. The smallest absolute Gasteiger partial charge is 0.251 e. The van der Waals surface area contributed by atoms with Crippen LogP contribution in [0.4, 0.5) is 5.82 Å². The largest absolute Gasteiger partial charge is 0.382 e. The van der Waals surface area contributed by atoms with Crippen LogP contribution in [-0.4, -0.2) is 27.0 Å². The first-order valence-electron chi connectivity index (χ1n) is 10.8. The van der Waals surface area contributed by atoms with Crippen molar-refractivity contribution in [1.82, 2.24) is 19.9 Å². The van der Waals surface area contributed by atoms with Crippen LogP contribution in [0.1, 0.15) is 43.4 Å². The molecule has 0 atom stereocenters. The predicted molar refractivity (Wildman–Crippen MR) is 126 cm³/mol. The fourth-order valence-electron chi connectivity index (χ4n) is 3.98. The molecule has 160 valence electrons. The predicted octanol–water partition coefficient (Wildman–Crippen LogP) is 4.58. The number of anilines is 1. The molecule has 6 heteroatoms. The van der Waals surface area contributed by atoms with Crippen molar-refractivity contribution in [3.05, 3.63) is 66.0 Å². The molecule has 2 aromatic carbocycles. The van der Waals surface area contributed by atoms with Crippen LogP contribution in [0, 0.1) is 5.41 Å². The number of amides is 1. The van der Waals surface area contributed by atoms with E-state index >= 15 is 0 Å². The van der Waals surface area contributed by atoms with Crippen molar-refractivity contribution in [2.45, 2.75) is 40.2 Å². The van der Waals surface area contributed by atoms with Gasteiger partial charge in [0.15, 0.2) is 5.82 Å². The summed E-state index contributed by atoms with van der Waals surface area (Å²) in [4.78, 5) is 22.0. The monoisotopic (exact) mass is 415 g/mol. The van der Waals surface area contributed by atoms with E-state index in [1.54, 1.807) is 0 Å². The van der Waals surface area contributed by atoms with Crippen LogP contribution in [0.25, 0.3) is 21.9 Å². The standard InChI is InChI=1S/C25H29N5O/c1-4-10-20-29-21-22(18-13-8-9-14-19(18)28-23(21)26)30(20)16-25(2,3)15-27-24(31)17-11-6-5-7-12-17/h5-9,11-14H,4,10,15-16H2,1-3H3,(H2,26,28)(H,27,31). The van der Waals surface area contributed by atoms with Crippen LogP contribution < -0.4 is 11.1 Å². The number of rotatable bonds is 7. The van der Waals surface area contributed by atoms with Crippen molar-refractivity contribution in [3.8, 4) is 0 Å². The Balaban J connectivity index is 1.69. The number of pyridine rings is 1. The third-order valence-electron chi connectivity index (χ3n) is 5.51. The summed E-state index contributed by atoms with van der Waals surface area (Å²) in [6.45, 7) is 7.72. The van der Waals surface area contributed by atoms with Gasteiger partial charge in [0, 0.05) is 35.9 Å². The van der Waals surface area contributed by atoms with Crippen LogP contribution >= 0.6 is 0 Å². The van der Waals surface area contributed by atoms with E-state index in [1.807, 2.05) is 48.5 Å². The molecule has 0 spiro atoms. The molecule has 0 radical (unpaired) electrons. The van der Waals surface area contributed by atoms with E-state index in [4.69, 9.17) is 10.7 Å². The highest BCUT2D eigenvalue weighted by Crippen LogP contribution is 2.31. The first-order chi connectivity index (χ1) is 14.9. The number of aryl methyl sites for hydroxylation is 1. The number of aromatic nitrogens is 3. The van der Waals surface area contributed by atoms with E-state index in [1.165, 1.54) is 0 Å². The van der Waals surface area contributed by atoms with Crippen LogP contribution in [0.2, 0.25) is 0 Å². The summed E-state index contributed by atoms with van der Waals surface area (Å²) in [7, 11) is 0. The molecule has 0 aliphatic carbocycles. The lowest BCUT2D eigenvalue weighted by Gasteiger charge is -2.27. The Bertz CT molecular complexity index is 1230. The SMILES string of the molecule is CCCc1nc2c(N)nc3ccccc3c2n1CC(C)(C)CNC(=O)c1ccccc1. The first kappa shape index (κ1) is 20.8. The number of benzene rings is 2. The number of hydrogen-bond acceptors (Lipinski definition) is 4. The quantitative estimate of drug-likeness (QED) is 0.463. The number of nitrogen functional groups attached to an aromatic ring is 1. The molecule has 0 saturated heterocycles. The fraction of sp³-hybridized carbons (Fsp3) is 0.320. The van der Waals surface area contributed by atoms with Crippen molar-refractivity contribution >= 4 is 33.7 Å². The molecule has 2 heterocycles. The zero-order chi connectivity index (χ0) is 22.0. The molecule has 0 unspecified atom stereocenters. The van der Waals surface area contributed by atoms with Gasteiger partial charge in [-0.25, -0.2) is 9.97 Å². The third kappa shape index (κ3) is 4.24. The number of nitrogens with two attached hydrogens (primary N) is 1. The summed E-state index contributed by atoms with van der Waals surface area (Å²) < 4.78 is 2.27. The van der Waals surface area contributed by atoms with E-state index in [9.17, 15) is 4.79 Å². The van der Waals surface area contributed by atoms with Gasteiger partial charge >= 0.3 is 0 Å². The van der Waals surface area contributed by atoms with Gasteiger partial charge in [-0.3, -0.25) is 4.79 Å². The Kier molecular flexibility index (Phi) is 5.63. The van der Waals surface area contributed by atoms with Gasteiger partial charge in [0.1, 0.15) is 11.3 Å². The van der Waals surface area contributed by atoms with E-state index in [0.717, 1.165) is 40.6 Å². The highest BCUT2D eigenvalue weighted by atomic mass is 16.1. The van der Waals surface area contributed by atoms with E-state index in [2.05, 4.69) is 41.7 Å². The van der Waals surface area contributed by atoms with Gasteiger partial charge in [0.25, 0.3) is 5.91 Å². The Morgan fingerprint density at radius 2 is 1.77 bits per heavy atom. The van der Waals surface area contributed by atoms with Crippen LogP contribution in [0.5, 0.6) is 0 Å². The normalized spacial score (nSPS) is 11.8. The molecule has 2 aromatic heterocycles. The fourth-order valence-corrected chi connectivity index (χ4v) is 3.98. The minimum atomic E-state index is -0.195. The highest BCUT2D eigenvalue weighted by molar-refractivity contribution is 6.06. The van der Waals surface area contributed by atoms with Gasteiger partial charge in [-0.15, -0.1) is 0 Å². The van der Waals surface area contributed by atoms with Gasteiger partial charge in [-0.05, 0) is 24.6 Å². The Morgan fingerprint density at radius 3 is 2.52 bits per heavy atom. The molecule has 3 N–H and O–H groups in total. The second-order valence-electron chi connectivity index (χ2n) is 8.79. The van der Waals surface area contributed by atoms with Gasteiger partial charge < -0.3 is 15.6 Å². The summed E-state index contributed by atoms with van der Waals surface area (Å²) in [6.07, 6.45) is 1.84. The van der Waals surface area contributed by atoms with E-state index in [0.29, 0.717) is 24.5 Å². The maximum atomic E-state index is 12.5. The van der Waals surface area contributed by atoms with E-state index in [-0.39, 0.29) is 11.3 Å².